The van der Waals surface area contributed by atoms with Crippen LogP contribution in [0.5, 0.6) is 11.5 Å². The fraction of sp³-hybridized carbons (Fsp3) is 0.105. The lowest BCUT2D eigenvalue weighted by Crippen LogP contribution is -2.02. The van der Waals surface area contributed by atoms with E-state index < -0.39 is 0 Å². The van der Waals surface area contributed by atoms with Crippen molar-refractivity contribution < 1.29 is 14.3 Å². The first kappa shape index (κ1) is 15.6. The highest BCUT2D eigenvalue weighted by Gasteiger charge is 2.05. The van der Waals surface area contributed by atoms with E-state index >= 15 is 0 Å². The number of ether oxygens (including phenoxy) is 2. The van der Waals surface area contributed by atoms with Gasteiger partial charge in [-0.15, -0.1) is 0 Å². The fourth-order valence-corrected chi connectivity index (χ4v) is 1.92. The second kappa shape index (κ2) is 7.84. The third-order valence-electron chi connectivity index (χ3n) is 2.95. The molecule has 0 spiro atoms. The third-order valence-corrected chi connectivity index (χ3v) is 2.95. The van der Waals surface area contributed by atoms with Gasteiger partial charge in [-0.1, -0.05) is 54.6 Å². The zero-order valence-corrected chi connectivity index (χ0v) is 12.7. The summed E-state index contributed by atoms with van der Waals surface area (Å²) >= 11 is 0. The minimum atomic E-state index is -0.348. The molecule has 0 bridgehead atoms. The summed E-state index contributed by atoms with van der Waals surface area (Å²) in [5.74, 6) is 0.875. The second-order valence-corrected chi connectivity index (χ2v) is 4.63. The highest BCUT2D eigenvalue weighted by molar-refractivity contribution is 5.72. The molecule has 2 aromatic carbocycles. The normalized spacial score (nSPS) is 11.0. The van der Waals surface area contributed by atoms with E-state index in [1.54, 1.807) is 19.2 Å². The summed E-state index contributed by atoms with van der Waals surface area (Å²) in [5, 5.41) is 0. The molecule has 0 heterocycles. The predicted octanol–water partition coefficient (Wildman–Crippen LogP) is 4.35. The van der Waals surface area contributed by atoms with E-state index in [1.165, 1.54) is 6.92 Å². The van der Waals surface area contributed by atoms with Gasteiger partial charge in [0.15, 0.2) is 0 Å². The molecular formula is C19H18O3. The molecule has 0 aliphatic carbocycles. The van der Waals surface area contributed by atoms with Crippen molar-refractivity contribution in [2.24, 2.45) is 0 Å². The number of hydrogen-bond donors (Lipinski definition) is 0. The van der Waals surface area contributed by atoms with Gasteiger partial charge in [0.25, 0.3) is 0 Å². The van der Waals surface area contributed by atoms with Crippen molar-refractivity contribution in [2.75, 3.05) is 7.11 Å². The SMILES string of the molecule is COc1ccc(OC(C)=O)c(/C=C/C=C/c2ccccc2)c1. The Hall–Kier alpha value is -2.81. The fourth-order valence-electron chi connectivity index (χ4n) is 1.92. The Balaban J connectivity index is 2.17. The molecule has 0 amide bonds. The number of rotatable bonds is 5. The molecule has 0 saturated carbocycles. The number of allylic oxidation sites excluding steroid dienone is 2. The largest absolute Gasteiger partial charge is 0.497 e. The van der Waals surface area contributed by atoms with Crippen molar-refractivity contribution in [3.63, 3.8) is 0 Å². The lowest BCUT2D eigenvalue weighted by atomic mass is 10.1. The summed E-state index contributed by atoms with van der Waals surface area (Å²) in [6.45, 7) is 1.38. The van der Waals surface area contributed by atoms with Gasteiger partial charge in [-0.05, 0) is 23.8 Å². The number of carbonyl (C=O) groups excluding carboxylic acids is 1. The van der Waals surface area contributed by atoms with E-state index in [2.05, 4.69) is 0 Å². The number of methoxy groups -OCH3 is 1. The maximum atomic E-state index is 11.1. The Labute approximate surface area is 130 Å². The topological polar surface area (TPSA) is 35.5 Å². The Bertz CT molecular complexity index is 685. The van der Waals surface area contributed by atoms with Gasteiger partial charge in [0, 0.05) is 12.5 Å². The average Bonchev–Trinajstić information content (AvgIpc) is 2.53. The first-order valence-corrected chi connectivity index (χ1v) is 6.95. The molecule has 2 aromatic rings. The highest BCUT2D eigenvalue weighted by atomic mass is 16.5. The van der Waals surface area contributed by atoms with Crippen LogP contribution >= 0.6 is 0 Å². The van der Waals surface area contributed by atoms with Crippen LogP contribution in [0.3, 0.4) is 0 Å². The van der Waals surface area contributed by atoms with E-state index in [1.807, 2.05) is 60.7 Å². The monoisotopic (exact) mass is 294 g/mol. The van der Waals surface area contributed by atoms with E-state index in [-0.39, 0.29) is 5.97 Å². The Morgan fingerprint density at radius 3 is 2.41 bits per heavy atom. The first-order valence-electron chi connectivity index (χ1n) is 6.95. The number of carbonyl (C=O) groups is 1. The highest BCUT2D eigenvalue weighted by Crippen LogP contribution is 2.25. The standard InChI is InChI=1S/C19H18O3/c1-15(20)22-19-13-12-18(21-2)14-17(19)11-7-6-10-16-8-4-3-5-9-16/h3-14H,1-2H3/b10-6+,11-7+. The minimum absolute atomic E-state index is 0.348. The second-order valence-electron chi connectivity index (χ2n) is 4.63. The average molecular weight is 294 g/mol. The van der Waals surface area contributed by atoms with Gasteiger partial charge in [-0.25, -0.2) is 0 Å². The van der Waals surface area contributed by atoms with Crippen LogP contribution in [0.4, 0.5) is 0 Å². The number of esters is 1. The van der Waals surface area contributed by atoms with Crippen LogP contribution in [0.25, 0.3) is 12.2 Å². The Morgan fingerprint density at radius 2 is 1.73 bits per heavy atom. The van der Waals surface area contributed by atoms with E-state index in [0.29, 0.717) is 11.5 Å². The molecule has 22 heavy (non-hydrogen) atoms. The summed E-state index contributed by atoms with van der Waals surface area (Å²) in [5.41, 5.74) is 1.91. The van der Waals surface area contributed by atoms with Crippen molar-refractivity contribution in [2.45, 2.75) is 6.92 Å². The van der Waals surface area contributed by atoms with Gasteiger partial charge in [0.1, 0.15) is 11.5 Å². The van der Waals surface area contributed by atoms with Crippen molar-refractivity contribution >= 4 is 18.1 Å². The molecule has 0 unspecified atom stereocenters. The maximum Gasteiger partial charge on any atom is 0.308 e. The lowest BCUT2D eigenvalue weighted by Gasteiger charge is -2.07. The molecular weight excluding hydrogens is 276 g/mol. The summed E-state index contributed by atoms with van der Waals surface area (Å²) < 4.78 is 10.4. The van der Waals surface area contributed by atoms with Crippen LogP contribution < -0.4 is 9.47 Å². The van der Waals surface area contributed by atoms with Gasteiger partial charge in [0.2, 0.25) is 0 Å². The molecule has 0 radical (unpaired) electrons. The minimum Gasteiger partial charge on any atom is -0.497 e. The molecule has 3 nitrogen and oxygen atoms in total. The summed E-state index contributed by atoms with van der Waals surface area (Å²) in [4.78, 5) is 11.1. The summed E-state index contributed by atoms with van der Waals surface area (Å²) in [6, 6.07) is 15.3. The zero-order chi connectivity index (χ0) is 15.8. The molecule has 0 N–H and O–H groups in total. The third kappa shape index (κ3) is 4.63. The molecule has 0 fully saturated rings. The van der Waals surface area contributed by atoms with Crippen LogP contribution in [-0.4, -0.2) is 13.1 Å². The van der Waals surface area contributed by atoms with Crippen molar-refractivity contribution in [1.29, 1.82) is 0 Å². The van der Waals surface area contributed by atoms with Crippen LogP contribution in [0.1, 0.15) is 18.1 Å². The molecule has 112 valence electrons. The van der Waals surface area contributed by atoms with E-state index in [4.69, 9.17) is 9.47 Å². The Morgan fingerprint density at radius 1 is 1.00 bits per heavy atom. The molecule has 0 aliphatic heterocycles. The maximum absolute atomic E-state index is 11.1. The smallest absolute Gasteiger partial charge is 0.308 e. The molecule has 0 atom stereocenters. The lowest BCUT2D eigenvalue weighted by molar-refractivity contribution is -0.131. The van der Waals surface area contributed by atoms with Gasteiger partial charge in [-0.3, -0.25) is 4.79 Å². The van der Waals surface area contributed by atoms with Crippen LogP contribution in [0, 0.1) is 0 Å². The van der Waals surface area contributed by atoms with Gasteiger partial charge in [0.05, 0.1) is 7.11 Å². The van der Waals surface area contributed by atoms with Gasteiger partial charge >= 0.3 is 5.97 Å². The Kier molecular flexibility index (Phi) is 5.55. The first-order chi connectivity index (χ1) is 10.7. The number of benzene rings is 2. The van der Waals surface area contributed by atoms with Crippen LogP contribution in [-0.2, 0) is 4.79 Å². The van der Waals surface area contributed by atoms with Crippen molar-refractivity contribution in [1.82, 2.24) is 0 Å². The quantitative estimate of drug-likeness (QED) is 0.467. The van der Waals surface area contributed by atoms with Crippen molar-refractivity contribution in [3.05, 3.63) is 71.8 Å². The molecule has 0 aromatic heterocycles. The molecule has 0 saturated heterocycles. The summed E-state index contributed by atoms with van der Waals surface area (Å²) in [7, 11) is 1.60. The molecule has 0 aliphatic rings. The van der Waals surface area contributed by atoms with Crippen molar-refractivity contribution in [3.8, 4) is 11.5 Å². The summed E-state index contributed by atoms with van der Waals surface area (Å²) in [6.07, 6.45) is 7.71. The van der Waals surface area contributed by atoms with Gasteiger partial charge < -0.3 is 9.47 Å². The van der Waals surface area contributed by atoms with E-state index in [9.17, 15) is 4.79 Å². The molecule has 3 heteroatoms. The zero-order valence-electron chi connectivity index (χ0n) is 12.7. The van der Waals surface area contributed by atoms with Crippen LogP contribution in [0.15, 0.2) is 60.7 Å². The van der Waals surface area contributed by atoms with Gasteiger partial charge in [-0.2, -0.15) is 0 Å². The number of hydrogen-bond acceptors (Lipinski definition) is 3. The molecule has 2 rings (SSSR count). The predicted molar refractivity (Wildman–Crippen MR) is 88.8 cm³/mol. The van der Waals surface area contributed by atoms with E-state index in [0.717, 1.165) is 11.1 Å². The van der Waals surface area contributed by atoms with Crippen LogP contribution in [0.2, 0.25) is 0 Å².